The van der Waals surface area contributed by atoms with Gasteiger partial charge in [0, 0.05) is 22.8 Å². The average Bonchev–Trinajstić information content (AvgIpc) is 3.04. The first kappa shape index (κ1) is 20.9. The van der Waals surface area contributed by atoms with Crippen molar-refractivity contribution in [2.45, 2.75) is 25.9 Å². The highest BCUT2D eigenvalue weighted by atomic mass is 35.5. The number of benzene rings is 2. The van der Waals surface area contributed by atoms with Crippen LogP contribution in [0.2, 0.25) is 5.02 Å². The Balaban J connectivity index is 2.00. The van der Waals surface area contributed by atoms with E-state index in [0.717, 1.165) is 22.5 Å². The van der Waals surface area contributed by atoms with Gasteiger partial charge >= 0.3 is 12.1 Å². The maximum Gasteiger partial charge on any atom is 0.419 e. The number of H-pyrrole nitrogens is 1. The Bertz CT molecular complexity index is 1060. The van der Waals surface area contributed by atoms with E-state index in [4.69, 9.17) is 21.4 Å². The molecule has 29 heavy (non-hydrogen) atoms. The zero-order valence-corrected chi connectivity index (χ0v) is 16.3. The fourth-order valence-corrected chi connectivity index (χ4v) is 3.33. The monoisotopic (exact) mass is 426 g/mol. The minimum atomic E-state index is -4.80. The molecule has 0 spiro atoms. The van der Waals surface area contributed by atoms with Crippen LogP contribution >= 0.6 is 11.6 Å². The van der Waals surface area contributed by atoms with E-state index in [1.807, 2.05) is 20.0 Å². The van der Waals surface area contributed by atoms with Crippen LogP contribution < -0.4 is 10.1 Å². The standard InChI is InChI=1S/C20H18ClF3N2O3/c1-10(2)13-8-25-14-4-3-11(7-12(13)14)29-16-6-5-15(26-9-17(27)28)18(19(16)21)20(22,23)24/h3-8,10,25-26H,9H2,1-2H3,(H,27,28). The van der Waals surface area contributed by atoms with E-state index in [0.29, 0.717) is 5.75 Å². The number of carboxylic acids is 1. The first-order valence-electron chi connectivity index (χ1n) is 8.72. The SMILES string of the molecule is CC(C)c1c[nH]c2ccc(Oc3ccc(NCC(=O)O)c(C(F)(F)F)c3Cl)cc12. The van der Waals surface area contributed by atoms with Gasteiger partial charge in [-0.2, -0.15) is 13.2 Å². The van der Waals surface area contributed by atoms with Gasteiger partial charge in [-0.3, -0.25) is 4.79 Å². The van der Waals surface area contributed by atoms with Gasteiger partial charge in [-0.25, -0.2) is 0 Å². The van der Waals surface area contributed by atoms with Crippen LogP contribution in [0.3, 0.4) is 0 Å². The van der Waals surface area contributed by atoms with Crippen LogP contribution in [0, 0.1) is 0 Å². The second-order valence-corrected chi connectivity index (χ2v) is 7.13. The Morgan fingerprint density at radius 3 is 2.62 bits per heavy atom. The third-order valence-corrected chi connectivity index (χ3v) is 4.73. The number of halogens is 4. The molecule has 0 fully saturated rings. The molecule has 0 unspecified atom stereocenters. The fraction of sp³-hybridized carbons (Fsp3) is 0.250. The number of rotatable bonds is 6. The van der Waals surface area contributed by atoms with Gasteiger partial charge in [-0.15, -0.1) is 0 Å². The minimum Gasteiger partial charge on any atom is -0.480 e. The maximum absolute atomic E-state index is 13.5. The minimum absolute atomic E-state index is 0.180. The Hall–Kier alpha value is -2.87. The summed E-state index contributed by atoms with van der Waals surface area (Å²) < 4.78 is 46.2. The van der Waals surface area contributed by atoms with E-state index in [-0.39, 0.29) is 11.7 Å². The fourth-order valence-electron chi connectivity index (χ4n) is 3.02. The van der Waals surface area contributed by atoms with E-state index in [9.17, 15) is 18.0 Å². The molecule has 3 rings (SSSR count). The van der Waals surface area contributed by atoms with E-state index in [1.54, 1.807) is 18.2 Å². The average molecular weight is 427 g/mol. The molecule has 3 aromatic rings. The molecule has 2 aromatic carbocycles. The summed E-state index contributed by atoms with van der Waals surface area (Å²) in [5.74, 6) is -0.893. The number of alkyl halides is 3. The van der Waals surface area contributed by atoms with Gasteiger partial charge in [0.05, 0.1) is 5.02 Å². The molecule has 0 radical (unpaired) electrons. The second-order valence-electron chi connectivity index (χ2n) is 6.75. The van der Waals surface area contributed by atoms with Gasteiger partial charge in [0.1, 0.15) is 23.6 Å². The van der Waals surface area contributed by atoms with Crippen molar-refractivity contribution in [1.29, 1.82) is 0 Å². The van der Waals surface area contributed by atoms with Gasteiger partial charge < -0.3 is 20.1 Å². The van der Waals surface area contributed by atoms with Gasteiger partial charge in [-0.1, -0.05) is 25.4 Å². The number of fused-ring (bicyclic) bond motifs is 1. The largest absolute Gasteiger partial charge is 0.480 e. The topological polar surface area (TPSA) is 74.3 Å². The van der Waals surface area contributed by atoms with Crippen molar-refractivity contribution in [3.05, 3.63) is 52.7 Å². The number of ether oxygens (including phenoxy) is 1. The lowest BCUT2D eigenvalue weighted by Gasteiger charge is -2.18. The lowest BCUT2D eigenvalue weighted by atomic mass is 10.0. The number of aromatic nitrogens is 1. The van der Waals surface area contributed by atoms with Gasteiger partial charge in [0.2, 0.25) is 0 Å². The van der Waals surface area contributed by atoms with Crippen molar-refractivity contribution in [1.82, 2.24) is 4.98 Å². The number of hydrogen-bond donors (Lipinski definition) is 3. The summed E-state index contributed by atoms with van der Waals surface area (Å²) in [5.41, 5.74) is 0.334. The van der Waals surface area contributed by atoms with E-state index in [2.05, 4.69) is 10.3 Å². The number of aliphatic carboxylic acids is 1. The van der Waals surface area contributed by atoms with E-state index >= 15 is 0 Å². The van der Waals surface area contributed by atoms with Crippen LogP contribution in [0.5, 0.6) is 11.5 Å². The van der Waals surface area contributed by atoms with Gasteiger partial charge in [0.25, 0.3) is 0 Å². The van der Waals surface area contributed by atoms with Gasteiger partial charge in [0.15, 0.2) is 0 Å². The summed E-state index contributed by atoms with van der Waals surface area (Å²) in [7, 11) is 0. The zero-order valence-electron chi connectivity index (χ0n) is 15.5. The molecule has 0 aliphatic carbocycles. The van der Waals surface area contributed by atoms with Crippen LogP contribution in [0.25, 0.3) is 10.9 Å². The molecule has 0 saturated heterocycles. The molecule has 3 N–H and O–H groups in total. The van der Waals surface area contributed by atoms with Crippen molar-refractivity contribution in [2.75, 3.05) is 11.9 Å². The number of hydrogen-bond acceptors (Lipinski definition) is 3. The number of anilines is 1. The smallest absolute Gasteiger partial charge is 0.419 e. The van der Waals surface area contributed by atoms with Crippen molar-refractivity contribution in [2.24, 2.45) is 0 Å². The van der Waals surface area contributed by atoms with E-state index in [1.165, 1.54) is 6.07 Å². The summed E-state index contributed by atoms with van der Waals surface area (Å²) in [5, 5.41) is 11.2. The number of aromatic amines is 1. The van der Waals surface area contributed by atoms with Crippen LogP contribution in [-0.4, -0.2) is 22.6 Å². The molecule has 0 saturated carbocycles. The Kier molecular flexibility index (Phi) is 5.66. The van der Waals surface area contributed by atoms with Crippen molar-refractivity contribution < 1.29 is 27.8 Å². The molecule has 0 amide bonds. The predicted octanol–water partition coefficient (Wildman–Crippen LogP) is 6.25. The molecule has 1 heterocycles. The lowest BCUT2D eigenvalue weighted by Crippen LogP contribution is -2.17. The summed E-state index contributed by atoms with van der Waals surface area (Å²) >= 11 is 6.00. The Morgan fingerprint density at radius 2 is 2.00 bits per heavy atom. The molecular weight excluding hydrogens is 409 g/mol. The summed E-state index contributed by atoms with van der Waals surface area (Å²) in [6.45, 7) is 3.39. The van der Waals surface area contributed by atoms with Crippen LogP contribution in [0.15, 0.2) is 36.5 Å². The molecule has 0 bridgehead atoms. The Morgan fingerprint density at radius 1 is 1.28 bits per heavy atom. The van der Waals surface area contributed by atoms with Crippen LogP contribution in [0.1, 0.15) is 30.9 Å². The molecular formula is C20H18ClF3N2O3. The normalized spacial score (nSPS) is 11.8. The highest BCUT2D eigenvalue weighted by Gasteiger charge is 2.38. The number of carbonyl (C=O) groups is 1. The zero-order chi connectivity index (χ0) is 21.3. The third kappa shape index (κ3) is 4.42. The molecule has 1 aromatic heterocycles. The van der Waals surface area contributed by atoms with Crippen LogP contribution in [0.4, 0.5) is 18.9 Å². The molecule has 5 nitrogen and oxygen atoms in total. The summed E-state index contributed by atoms with van der Waals surface area (Å²) in [4.78, 5) is 13.8. The van der Waals surface area contributed by atoms with Crippen molar-refractivity contribution in [3.8, 4) is 11.5 Å². The highest BCUT2D eigenvalue weighted by molar-refractivity contribution is 6.33. The maximum atomic E-state index is 13.5. The third-order valence-electron chi connectivity index (χ3n) is 4.36. The molecule has 9 heteroatoms. The van der Waals surface area contributed by atoms with Gasteiger partial charge in [-0.05, 0) is 41.8 Å². The Labute approximate surface area is 169 Å². The van der Waals surface area contributed by atoms with E-state index < -0.39 is 35.0 Å². The summed E-state index contributed by atoms with van der Waals surface area (Å²) in [6.07, 6.45) is -2.91. The molecule has 154 valence electrons. The second kappa shape index (κ2) is 7.87. The van der Waals surface area contributed by atoms with Crippen molar-refractivity contribution in [3.63, 3.8) is 0 Å². The lowest BCUT2D eigenvalue weighted by molar-refractivity contribution is -0.138. The quantitative estimate of drug-likeness (QED) is 0.435. The summed E-state index contributed by atoms with van der Waals surface area (Å²) in [6, 6.07) is 7.51. The molecule has 0 atom stereocenters. The first-order valence-corrected chi connectivity index (χ1v) is 9.10. The molecule has 0 aliphatic rings. The first-order chi connectivity index (χ1) is 13.6. The number of carboxylic acid groups (broad SMARTS) is 1. The van der Waals surface area contributed by atoms with Crippen molar-refractivity contribution >= 4 is 34.2 Å². The number of nitrogens with one attached hydrogen (secondary N) is 2. The molecule has 0 aliphatic heterocycles. The highest BCUT2D eigenvalue weighted by Crippen LogP contribution is 2.45. The van der Waals surface area contributed by atoms with Crippen LogP contribution in [-0.2, 0) is 11.0 Å². The predicted molar refractivity (Wildman–Crippen MR) is 105 cm³/mol.